The number of aliphatic hydroxyl groups excluding tert-OH is 1. The van der Waals surface area contributed by atoms with Crippen molar-refractivity contribution in [1.29, 1.82) is 0 Å². The Morgan fingerprint density at radius 1 is 1.14 bits per heavy atom. The molecule has 1 aromatic carbocycles. The zero-order valence-electron chi connectivity index (χ0n) is 11.2. The minimum atomic E-state index is -0.125. The first-order chi connectivity index (χ1) is 10.3. The molecule has 0 aliphatic rings. The van der Waals surface area contributed by atoms with Crippen LogP contribution in [0.15, 0.2) is 58.1 Å². The van der Waals surface area contributed by atoms with Gasteiger partial charge in [0, 0.05) is 12.3 Å². The van der Waals surface area contributed by atoms with Crippen LogP contribution in [0.4, 0.5) is 0 Å². The Hall–Kier alpha value is -2.66. The Morgan fingerprint density at radius 3 is 2.71 bits per heavy atom. The molecular weight excluding hydrogens is 270 g/mol. The highest BCUT2D eigenvalue weighted by molar-refractivity contribution is 5.91. The quantitative estimate of drug-likeness (QED) is 0.795. The van der Waals surface area contributed by atoms with Crippen molar-refractivity contribution < 1.29 is 14.3 Å². The van der Waals surface area contributed by atoms with Crippen LogP contribution < -0.4 is 10.2 Å². The minimum absolute atomic E-state index is 0.0300. The number of aliphatic hydroxyl groups is 1. The summed E-state index contributed by atoms with van der Waals surface area (Å²) in [6, 6.07) is 10.5. The van der Waals surface area contributed by atoms with E-state index in [2.05, 4.69) is 4.98 Å². The average Bonchev–Trinajstić information content (AvgIpc) is 2.53. The Morgan fingerprint density at radius 2 is 1.95 bits per heavy atom. The van der Waals surface area contributed by atoms with Crippen molar-refractivity contribution in [1.82, 2.24) is 4.98 Å². The number of ether oxygens (including phenoxy) is 1. The fourth-order valence-electron chi connectivity index (χ4n) is 2.15. The van der Waals surface area contributed by atoms with E-state index in [0.29, 0.717) is 16.8 Å². The minimum Gasteiger partial charge on any atom is -0.491 e. The van der Waals surface area contributed by atoms with Gasteiger partial charge in [0.25, 0.3) is 0 Å². The highest BCUT2D eigenvalue weighted by atomic mass is 16.5. The predicted octanol–water partition coefficient (Wildman–Crippen LogP) is 2.23. The van der Waals surface area contributed by atoms with Crippen molar-refractivity contribution in [2.24, 2.45) is 0 Å². The van der Waals surface area contributed by atoms with Gasteiger partial charge in [-0.25, -0.2) is 4.98 Å². The molecule has 5 heteroatoms. The first kappa shape index (κ1) is 13.3. The summed E-state index contributed by atoms with van der Waals surface area (Å²) in [5.74, 6) is 0.665. The van der Waals surface area contributed by atoms with E-state index in [1.807, 2.05) is 12.1 Å². The molecular formula is C16H13NO4. The Balaban J connectivity index is 2.06. The lowest BCUT2D eigenvalue weighted by atomic mass is 10.0. The molecule has 0 bridgehead atoms. The van der Waals surface area contributed by atoms with Crippen LogP contribution >= 0.6 is 0 Å². The fourth-order valence-corrected chi connectivity index (χ4v) is 2.15. The number of rotatable bonds is 4. The number of hydrogen-bond donors (Lipinski definition) is 1. The van der Waals surface area contributed by atoms with E-state index in [1.165, 1.54) is 12.3 Å². The molecule has 0 spiro atoms. The maximum atomic E-state index is 12.0. The van der Waals surface area contributed by atoms with Crippen LogP contribution in [-0.4, -0.2) is 23.3 Å². The van der Waals surface area contributed by atoms with Gasteiger partial charge in [-0.05, 0) is 29.3 Å². The van der Waals surface area contributed by atoms with Crippen molar-refractivity contribution >= 4 is 11.1 Å². The van der Waals surface area contributed by atoms with Gasteiger partial charge in [-0.15, -0.1) is 0 Å². The molecule has 0 amide bonds. The van der Waals surface area contributed by atoms with Crippen molar-refractivity contribution in [3.05, 3.63) is 59.1 Å². The molecule has 0 radical (unpaired) electrons. The number of pyridine rings is 1. The fraction of sp³-hybridized carbons (Fsp3) is 0.125. The summed E-state index contributed by atoms with van der Waals surface area (Å²) in [7, 11) is 0. The number of fused-ring (bicyclic) bond motifs is 1. The zero-order chi connectivity index (χ0) is 14.7. The molecule has 0 unspecified atom stereocenters. The van der Waals surface area contributed by atoms with Gasteiger partial charge in [0.05, 0.1) is 18.3 Å². The van der Waals surface area contributed by atoms with Crippen LogP contribution in [0.5, 0.6) is 5.75 Å². The third kappa shape index (κ3) is 2.64. The summed E-state index contributed by atoms with van der Waals surface area (Å²) in [4.78, 5) is 16.1. The van der Waals surface area contributed by atoms with Gasteiger partial charge in [-0.1, -0.05) is 12.1 Å². The topological polar surface area (TPSA) is 72.6 Å². The van der Waals surface area contributed by atoms with Crippen LogP contribution in [0, 0.1) is 0 Å². The summed E-state index contributed by atoms with van der Waals surface area (Å²) in [6.07, 6.45) is 2.95. The second-order valence-electron chi connectivity index (χ2n) is 4.42. The summed E-state index contributed by atoms with van der Waals surface area (Å²) >= 11 is 0. The van der Waals surface area contributed by atoms with Gasteiger partial charge in [-0.3, -0.25) is 4.79 Å². The average molecular weight is 283 g/mol. The summed E-state index contributed by atoms with van der Waals surface area (Å²) in [6.45, 7) is 0.221. The van der Waals surface area contributed by atoms with E-state index in [9.17, 15) is 4.79 Å². The van der Waals surface area contributed by atoms with Crippen molar-refractivity contribution in [3.63, 3.8) is 0 Å². The number of aromatic nitrogens is 1. The van der Waals surface area contributed by atoms with Crippen LogP contribution in [0.25, 0.3) is 22.2 Å². The molecule has 0 saturated heterocycles. The van der Waals surface area contributed by atoms with Gasteiger partial charge in [0.2, 0.25) is 5.71 Å². The van der Waals surface area contributed by atoms with Crippen molar-refractivity contribution in [2.45, 2.75) is 0 Å². The molecule has 3 rings (SSSR count). The molecule has 0 saturated carbocycles. The van der Waals surface area contributed by atoms with E-state index in [4.69, 9.17) is 14.3 Å². The lowest BCUT2D eigenvalue weighted by Gasteiger charge is -2.07. The van der Waals surface area contributed by atoms with Gasteiger partial charge in [-0.2, -0.15) is 0 Å². The van der Waals surface area contributed by atoms with Gasteiger partial charge in [0.1, 0.15) is 12.4 Å². The van der Waals surface area contributed by atoms with E-state index in [-0.39, 0.29) is 18.6 Å². The normalized spacial score (nSPS) is 10.7. The zero-order valence-corrected chi connectivity index (χ0v) is 11.2. The standard InChI is InChI=1S/C16H13NO4/c18-8-10-20-12-3-1-11(2-4-12)13-5-7-17-16-15(13)14(19)6-9-21-16/h1-7,9,18H,8,10H2. The third-order valence-electron chi connectivity index (χ3n) is 3.09. The molecule has 5 nitrogen and oxygen atoms in total. The predicted molar refractivity (Wildman–Crippen MR) is 78.3 cm³/mol. The maximum Gasteiger partial charge on any atom is 0.230 e. The van der Waals surface area contributed by atoms with E-state index in [0.717, 1.165) is 11.1 Å². The summed E-state index contributed by atoms with van der Waals surface area (Å²) in [5.41, 5.74) is 1.83. The molecule has 2 aromatic heterocycles. The number of nitrogens with zero attached hydrogens (tertiary/aromatic N) is 1. The molecule has 0 aliphatic carbocycles. The molecule has 0 atom stereocenters. The van der Waals surface area contributed by atoms with Crippen LogP contribution in [0.3, 0.4) is 0 Å². The summed E-state index contributed by atoms with van der Waals surface area (Å²) in [5, 5.41) is 9.19. The maximum absolute atomic E-state index is 12.0. The molecule has 0 aliphatic heterocycles. The Kier molecular flexibility index (Phi) is 3.66. The number of hydrogen-bond acceptors (Lipinski definition) is 5. The highest BCUT2D eigenvalue weighted by Crippen LogP contribution is 2.26. The highest BCUT2D eigenvalue weighted by Gasteiger charge is 2.09. The van der Waals surface area contributed by atoms with E-state index >= 15 is 0 Å². The Bertz CT molecular complexity index is 803. The largest absolute Gasteiger partial charge is 0.491 e. The molecule has 3 aromatic rings. The lowest BCUT2D eigenvalue weighted by Crippen LogP contribution is -2.02. The van der Waals surface area contributed by atoms with Crippen molar-refractivity contribution in [2.75, 3.05) is 13.2 Å². The first-order valence-electron chi connectivity index (χ1n) is 6.50. The van der Waals surface area contributed by atoms with Crippen LogP contribution in [-0.2, 0) is 0 Å². The molecule has 106 valence electrons. The van der Waals surface area contributed by atoms with Crippen LogP contribution in [0.1, 0.15) is 0 Å². The van der Waals surface area contributed by atoms with E-state index < -0.39 is 0 Å². The molecule has 2 heterocycles. The second kappa shape index (κ2) is 5.76. The summed E-state index contributed by atoms with van der Waals surface area (Å²) < 4.78 is 10.6. The van der Waals surface area contributed by atoms with Gasteiger partial charge in [0.15, 0.2) is 5.43 Å². The van der Waals surface area contributed by atoms with Gasteiger partial charge >= 0.3 is 0 Å². The molecule has 1 N–H and O–H groups in total. The number of benzene rings is 1. The Labute approximate surface area is 120 Å². The lowest BCUT2D eigenvalue weighted by molar-refractivity contribution is 0.201. The third-order valence-corrected chi connectivity index (χ3v) is 3.09. The SMILES string of the molecule is O=c1ccoc2nccc(-c3ccc(OCCO)cc3)c12. The van der Waals surface area contributed by atoms with Crippen molar-refractivity contribution in [3.8, 4) is 16.9 Å². The molecule has 0 fully saturated rings. The first-order valence-corrected chi connectivity index (χ1v) is 6.50. The smallest absolute Gasteiger partial charge is 0.230 e. The second-order valence-corrected chi connectivity index (χ2v) is 4.42. The molecule has 21 heavy (non-hydrogen) atoms. The van der Waals surface area contributed by atoms with Gasteiger partial charge < -0.3 is 14.3 Å². The van der Waals surface area contributed by atoms with E-state index in [1.54, 1.807) is 24.4 Å². The van der Waals surface area contributed by atoms with Crippen LogP contribution in [0.2, 0.25) is 0 Å². The monoisotopic (exact) mass is 283 g/mol.